The highest BCUT2D eigenvalue weighted by atomic mass is 16.1. The number of nitrogens with two attached hydrogens (primary N) is 1. The smallest absolute Gasteiger partial charge is 0.224 e. The van der Waals surface area contributed by atoms with Crippen molar-refractivity contribution in [3.8, 4) is 0 Å². The summed E-state index contributed by atoms with van der Waals surface area (Å²) in [5.74, 6) is 0.416. The molecule has 15 heavy (non-hydrogen) atoms. The molecule has 1 amide bonds. The van der Waals surface area contributed by atoms with Gasteiger partial charge < -0.3 is 10.6 Å². The first-order valence-electron chi connectivity index (χ1n) is 5.69. The Hall–Kier alpha value is -0.570. The molecule has 0 aliphatic carbocycles. The van der Waals surface area contributed by atoms with Gasteiger partial charge >= 0.3 is 0 Å². The first-order chi connectivity index (χ1) is 6.75. The minimum absolute atomic E-state index is 0.158. The van der Waals surface area contributed by atoms with Gasteiger partial charge in [0.1, 0.15) is 0 Å². The van der Waals surface area contributed by atoms with Crippen molar-refractivity contribution >= 4 is 5.91 Å². The average molecular weight is 214 g/mol. The van der Waals surface area contributed by atoms with Crippen molar-refractivity contribution in [1.29, 1.82) is 0 Å². The van der Waals surface area contributed by atoms with Crippen molar-refractivity contribution in [3.63, 3.8) is 0 Å². The molecule has 0 rings (SSSR count). The third kappa shape index (κ3) is 3.20. The molecule has 2 N–H and O–H groups in total. The molecule has 0 atom stereocenters. The number of hydrogen-bond acceptors (Lipinski definition) is 2. The van der Waals surface area contributed by atoms with E-state index in [1.54, 1.807) is 0 Å². The van der Waals surface area contributed by atoms with Gasteiger partial charge in [-0.3, -0.25) is 4.79 Å². The Bertz CT molecular complexity index is 202. The Morgan fingerprint density at radius 1 is 1.20 bits per heavy atom. The van der Waals surface area contributed by atoms with Crippen molar-refractivity contribution < 1.29 is 4.79 Å². The molecule has 90 valence electrons. The van der Waals surface area contributed by atoms with Crippen LogP contribution in [0, 0.1) is 17.3 Å². The number of carbonyl (C=O) groups excluding carboxylic acids is 1. The molecule has 0 aromatic rings. The van der Waals surface area contributed by atoms with E-state index in [0.29, 0.717) is 0 Å². The predicted molar refractivity (Wildman–Crippen MR) is 64.5 cm³/mol. The van der Waals surface area contributed by atoms with Crippen molar-refractivity contribution in [2.24, 2.45) is 23.0 Å². The van der Waals surface area contributed by atoms with Gasteiger partial charge in [0.15, 0.2) is 0 Å². The maximum Gasteiger partial charge on any atom is 0.224 e. The van der Waals surface area contributed by atoms with Crippen LogP contribution < -0.4 is 5.73 Å². The lowest BCUT2D eigenvalue weighted by molar-refractivity contribution is -0.134. The minimum atomic E-state index is -0.371. The Morgan fingerprint density at radius 3 is 1.80 bits per heavy atom. The van der Waals surface area contributed by atoms with E-state index in [1.165, 1.54) is 0 Å². The molecule has 0 radical (unpaired) electrons. The summed E-state index contributed by atoms with van der Waals surface area (Å²) in [5, 5.41) is 0. The molecule has 0 bridgehead atoms. The SMILES string of the molecule is CC(C)C(CCN(C)C)(C(N)=O)C(C)C. The lowest BCUT2D eigenvalue weighted by Crippen LogP contribution is -2.47. The minimum Gasteiger partial charge on any atom is -0.369 e. The average Bonchev–Trinajstić information content (AvgIpc) is 2.02. The summed E-state index contributed by atoms with van der Waals surface area (Å²) >= 11 is 0. The molecule has 0 aromatic heterocycles. The lowest BCUT2D eigenvalue weighted by Gasteiger charge is -2.39. The number of carbonyl (C=O) groups is 1. The summed E-state index contributed by atoms with van der Waals surface area (Å²) < 4.78 is 0. The molecule has 0 saturated carbocycles. The third-order valence-electron chi connectivity index (χ3n) is 3.49. The Kier molecular flexibility index (Phi) is 5.29. The molecular weight excluding hydrogens is 188 g/mol. The Morgan fingerprint density at radius 2 is 1.60 bits per heavy atom. The van der Waals surface area contributed by atoms with Crippen LogP contribution in [0.5, 0.6) is 0 Å². The number of hydrogen-bond donors (Lipinski definition) is 1. The molecule has 0 fully saturated rings. The second-order valence-electron chi connectivity index (χ2n) is 5.27. The summed E-state index contributed by atoms with van der Waals surface area (Å²) in [7, 11) is 4.04. The molecule has 0 heterocycles. The first kappa shape index (κ1) is 14.4. The zero-order chi connectivity index (χ0) is 12.2. The monoisotopic (exact) mass is 214 g/mol. The Labute approximate surface area is 94.0 Å². The van der Waals surface area contributed by atoms with Gasteiger partial charge in [-0.25, -0.2) is 0 Å². The summed E-state index contributed by atoms with van der Waals surface area (Å²) in [6.45, 7) is 9.24. The van der Waals surface area contributed by atoms with Crippen molar-refractivity contribution in [1.82, 2.24) is 4.90 Å². The maximum atomic E-state index is 11.7. The van der Waals surface area contributed by atoms with Crippen LogP contribution in [0.3, 0.4) is 0 Å². The van der Waals surface area contributed by atoms with E-state index in [-0.39, 0.29) is 23.2 Å². The van der Waals surface area contributed by atoms with Gasteiger partial charge in [0, 0.05) is 0 Å². The van der Waals surface area contributed by atoms with Crippen molar-refractivity contribution in [2.75, 3.05) is 20.6 Å². The molecule has 0 aromatic carbocycles. The van der Waals surface area contributed by atoms with Gasteiger partial charge in [-0.15, -0.1) is 0 Å². The van der Waals surface area contributed by atoms with Gasteiger partial charge in [0.25, 0.3) is 0 Å². The second-order valence-corrected chi connectivity index (χ2v) is 5.27. The quantitative estimate of drug-likeness (QED) is 0.732. The number of primary amides is 1. The van der Waals surface area contributed by atoms with E-state index in [4.69, 9.17) is 5.73 Å². The normalized spacial score (nSPS) is 12.9. The lowest BCUT2D eigenvalue weighted by atomic mass is 9.66. The summed E-state index contributed by atoms with van der Waals surface area (Å²) in [4.78, 5) is 13.8. The zero-order valence-corrected chi connectivity index (χ0v) is 11.0. The highest BCUT2D eigenvalue weighted by Crippen LogP contribution is 2.39. The van der Waals surface area contributed by atoms with Crippen LogP contribution in [-0.4, -0.2) is 31.4 Å². The standard InChI is InChI=1S/C12H26N2O/c1-9(2)12(10(3)4,11(13)15)7-8-14(5)6/h9-10H,7-8H2,1-6H3,(H2,13,15). The molecule has 0 unspecified atom stereocenters. The van der Waals surface area contributed by atoms with E-state index in [0.717, 1.165) is 13.0 Å². The molecule has 0 aliphatic rings. The van der Waals surface area contributed by atoms with Crippen LogP contribution >= 0.6 is 0 Å². The van der Waals surface area contributed by atoms with E-state index >= 15 is 0 Å². The van der Waals surface area contributed by atoms with Crippen LogP contribution in [-0.2, 0) is 4.79 Å². The van der Waals surface area contributed by atoms with Crippen LogP contribution in [0.25, 0.3) is 0 Å². The summed E-state index contributed by atoms with van der Waals surface area (Å²) in [5.41, 5.74) is 5.23. The van der Waals surface area contributed by atoms with E-state index < -0.39 is 0 Å². The van der Waals surface area contributed by atoms with Gasteiger partial charge in [0.2, 0.25) is 5.91 Å². The van der Waals surface area contributed by atoms with Gasteiger partial charge in [0.05, 0.1) is 5.41 Å². The third-order valence-corrected chi connectivity index (χ3v) is 3.49. The highest BCUT2D eigenvalue weighted by Gasteiger charge is 2.42. The van der Waals surface area contributed by atoms with Gasteiger partial charge in [-0.1, -0.05) is 27.7 Å². The first-order valence-corrected chi connectivity index (χ1v) is 5.69. The van der Waals surface area contributed by atoms with Gasteiger partial charge in [-0.2, -0.15) is 0 Å². The van der Waals surface area contributed by atoms with Crippen molar-refractivity contribution in [3.05, 3.63) is 0 Å². The molecular formula is C12H26N2O. The highest BCUT2D eigenvalue weighted by molar-refractivity contribution is 5.81. The summed E-state index contributed by atoms with van der Waals surface area (Å²) in [6, 6.07) is 0. The predicted octanol–water partition coefficient (Wildman–Crippen LogP) is 1.72. The van der Waals surface area contributed by atoms with Crippen LogP contribution in [0.4, 0.5) is 0 Å². The fourth-order valence-corrected chi connectivity index (χ4v) is 2.34. The van der Waals surface area contributed by atoms with Crippen molar-refractivity contribution in [2.45, 2.75) is 34.1 Å². The number of amides is 1. The fourth-order valence-electron chi connectivity index (χ4n) is 2.34. The van der Waals surface area contributed by atoms with Crippen LogP contribution in [0.2, 0.25) is 0 Å². The van der Waals surface area contributed by atoms with E-state index in [9.17, 15) is 4.79 Å². The Balaban J connectivity index is 4.89. The maximum absolute atomic E-state index is 11.7. The fraction of sp³-hybridized carbons (Fsp3) is 0.917. The zero-order valence-electron chi connectivity index (χ0n) is 11.0. The topological polar surface area (TPSA) is 46.3 Å². The molecule has 0 aliphatic heterocycles. The van der Waals surface area contributed by atoms with E-state index in [2.05, 4.69) is 32.6 Å². The van der Waals surface area contributed by atoms with Crippen LogP contribution in [0.15, 0.2) is 0 Å². The number of nitrogens with zero attached hydrogens (tertiary/aromatic N) is 1. The van der Waals surface area contributed by atoms with Gasteiger partial charge in [-0.05, 0) is 38.9 Å². The largest absolute Gasteiger partial charge is 0.369 e. The number of rotatable bonds is 6. The van der Waals surface area contributed by atoms with Crippen LogP contribution in [0.1, 0.15) is 34.1 Å². The molecule has 3 nitrogen and oxygen atoms in total. The molecule has 3 heteroatoms. The summed E-state index contributed by atoms with van der Waals surface area (Å²) in [6.07, 6.45) is 0.838. The molecule has 0 spiro atoms. The second kappa shape index (κ2) is 5.50. The molecule has 0 saturated heterocycles. The van der Waals surface area contributed by atoms with E-state index in [1.807, 2.05) is 14.1 Å².